The Morgan fingerprint density at radius 2 is 1.79 bits per heavy atom. The molecule has 1 unspecified atom stereocenters. The number of guanidine groups is 1. The summed E-state index contributed by atoms with van der Waals surface area (Å²) in [6, 6.07) is 0.483. The highest BCUT2D eigenvalue weighted by molar-refractivity contribution is 14.0. The molecule has 0 aliphatic carbocycles. The molecule has 0 radical (unpaired) electrons. The van der Waals surface area contributed by atoms with E-state index in [2.05, 4.69) is 36.3 Å². The van der Waals surface area contributed by atoms with Crippen LogP contribution < -0.4 is 10.6 Å². The van der Waals surface area contributed by atoms with Gasteiger partial charge in [0, 0.05) is 52.0 Å². The molecule has 0 bridgehead atoms. The molecule has 2 N–H and O–H groups in total. The zero-order valence-corrected chi connectivity index (χ0v) is 21.0. The fourth-order valence-electron chi connectivity index (χ4n) is 3.74. The maximum absolute atomic E-state index is 5.95. The second-order valence-electron chi connectivity index (χ2n) is 8.11. The summed E-state index contributed by atoms with van der Waals surface area (Å²) in [7, 11) is 0. The van der Waals surface area contributed by atoms with Crippen LogP contribution in [0.4, 0.5) is 0 Å². The minimum atomic E-state index is 0. The molecule has 2 heterocycles. The average Bonchev–Trinajstić information content (AvgIpc) is 2.71. The summed E-state index contributed by atoms with van der Waals surface area (Å²) in [5.74, 6) is 1.58. The molecule has 2 aliphatic heterocycles. The molecular weight excluding hydrogens is 483 g/mol. The lowest BCUT2D eigenvalue weighted by atomic mass is 10.0. The van der Waals surface area contributed by atoms with E-state index in [1.165, 1.54) is 6.42 Å². The van der Waals surface area contributed by atoms with Gasteiger partial charge in [-0.05, 0) is 38.5 Å². The quantitative estimate of drug-likeness (QED) is 0.187. The van der Waals surface area contributed by atoms with Gasteiger partial charge in [0.2, 0.25) is 0 Å². The Balaban J connectivity index is 0.00000420. The highest BCUT2D eigenvalue weighted by atomic mass is 127. The molecule has 0 aromatic carbocycles. The number of hydrogen-bond acceptors (Lipinski definition) is 5. The molecular formula is C21H43IN4O3. The third kappa shape index (κ3) is 11.7. The van der Waals surface area contributed by atoms with Crippen molar-refractivity contribution in [2.45, 2.75) is 58.6 Å². The number of ether oxygens (including phenoxy) is 3. The summed E-state index contributed by atoms with van der Waals surface area (Å²) in [6.45, 7) is 15.4. The summed E-state index contributed by atoms with van der Waals surface area (Å²) in [5, 5.41) is 6.83. The topological polar surface area (TPSA) is 67.4 Å². The molecule has 29 heavy (non-hydrogen) atoms. The molecule has 0 saturated carbocycles. The standard InChI is InChI=1S/C21H42N4O3.HI/c1-4-22-21(23-8-5-11-28-20-6-12-26-13-7-20)24-17-19(16-18(2)3)25-9-14-27-15-10-25;/h18-20H,4-17H2,1-3H3,(H2,22,23,24);1H. The van der Waals surface area contributed by atoms with Gasteiger partial charge in [-0.2, -0.15) is 0 Å². The maximum atomic E-state index is 5.95. The Labute approximate surface area is 194 Å². The van der Waals surface area contributed by atoms with Gasteiger partial charge in [-0.15, -0.1) is 24.0 Å². The first-order valence-electron chi connectivity index (χ1n) is 11.2. The van der Waals surface area contributed by atoms with Crippen LogP contribution in [-0.2, 0) is 14.2 Å². The molecule has 1 atom stereocenters. The van der Waals surface area contributed by atoms with Crippen LogP contribution in [0.1, 0.15) is 46.5 Å². The van der Waals surface area contributed by atoms with Crippen LogP contribution in [0, 0.1) is 5.92 Å². The average molecular weight is 527 g/mol. The maximum Gasteiger partial charge on any atom is 0.191 e. The summed E-state index contributed by atoms with van der Waals surface area (Å²) in [4.78, 5) is 7.42. The van der Waals surface area contributed by atoms with E-state index in [1.807, 2.05) is 0 Å². The van der Waals surface area contributed by atoms with Crippen LogP contribution in [0.5, 0.6) is 0 Å². The highest BCUT2D eigenvalue weighted by Crippen LogP contribution is 2.14. The van der Waals surface area contributed by atoms with Gasteiger partial charge in [-0.1, -0.05) is 13.8 Å². The third-order valence-corrected chi connectivity index (χ3v) is 5.25. The van der Waals surface area contributed by atoms with Crippen molar-refractivity contribution >= 4 is 29.9 Å². The Hall–Kier alpha value is -0.160. The molecule has 0 amide bonds. The molecule has 172 valence electrons. The minimum Gasteiger partial charge on any atom is -0.381 e. The monoisotopic (exact) mass is 526 g/mol. The lowest BCUT2D eigenvalue weighted by molar-refractivity contribution is -0.0320. The number of halogens is 1. The fourth-order valence-corrected chi connectivity index (χ4v) is 3.74. The van der Waals surface area contributed by atoms with Crippen LogP contribution in [0.2, 0.25) is 0 Å². The first kappa shape index (κ1) is 26.9. The molecule has 7 nitrogen and oxygen atoms in total. The van der Waals surface area contributed by atoms with Gasteiger partial charge in [0.25, 0.3) is 0 Å². The van der Waals surface area contributed by atoms with E-state index < -0.39 is 0 Å². The van der Waals surface area contributed by atoms with Gasteiger partial charge in [0.1, 0.15) is 0 Å². The first-order valence-corrected chi connectivity index (χ1v) is 11.2. The Bertz CT molecular complexity index is 428. The number of rotatable bonds is 11. The second-order valence-corrected chi connectivity index (χ2v) is 8.11. The van der Waals surface area contributed by atoms with Gasteiger partial charge in [0.05, 0.1) is 25.9 Å². The summed E-state index contributed by atoms with van der Waals surface area (Å²) in [5.41, 5.74) is 0. The van der Waals surface area contributed by atoms with Crippen molar-refractivity contribution in [3.8, 4) is 0 Å². The molecule has 0 aromatic heterocycles. The van der Waals surface area contributed by atoms with Crippen molar-refractivity contribution in [1.82, 2.24) is 15.5 Å². The number of aliphatic imine (C=N–C) groups is 1. The molecule has 8 heteroatoms. The number of nitrogens with zero attached hydrogens (tertiary/aromatic N) is 2. The van der Waals surface area contributed by atoms with Gasteiger partial charge < -0.3 is 24.8 Å². The molecule has 2 saturated heterocycles. The van der Waals surface area contributed by atoms with E-state index in [0.717, 1.165) is 91.0 Å². The smallest absolute Gasteiger partial charge is 0.191 e. The van der Waals surface area contributed by atoms with E-state index in [1.54, 1.807) is 0 Å². The number of nitrogens with one attached hydrogen (secondary N) is 2. The summed E-state index contributed by atoms with van der Waals surface area (Å²) < 4.78 is 16.8. The normalized spacial score (nSPS) is 20.3. The van der Waals surface area contributed by atoms with Crippen LogP contribution in [0.25, 0.3) is 0 Å². The molecule has 0 spiro atoms. The molecule has 0 aromatic rings. The van der Waals surface area contributed by atoms with E-state index in [0.29, 0.717) is 18.1 Å². The van der Waals surface area contributed by atoms with E-state index >= 15 is 0 Å². The van der Waals surface area contributed by atoms with Crippen molar-refractivity contribution in [2.75, 3.05) is 65.8 Å². The number of hydrogen-bond donors (Lipinski definition) is 2. The molecule has 2 aliphatic rings. The van der Waals surface area contributed by atoms with Crippen molar-refractivity contribution in [2.24, 2.45) is 10.9 Å². The Morgan fingerprint density at radius 3 is 2.45 bits per heavy atom. The zero-order chi connectivity index (χ0) is 20.0. The lowest BCUT2D eigenvalue weighted by Gasteiger charge is -2.34. The van der Waals surface area contributed by atoms with E-state index in [4.69, 9.17) is 19.2 Å². The van der Waals surface area contributed by atoms with Crippen LogP contribution in [0.3, 0.4) is 0 Å². The first-order chi connectivity index (χ1) is 13.7. The predicted octanol–water partition coefficient (Wildman–Crippen LogP) is 2.49. The highest BCUT2D eigenvalue weighted by Gasteiger charge is 2.21. The van der Waals surface area contributed by atoms with Crippen LogP contribution in [0.15, 0.2) is 4.99 Å². The van der Waals surface area contributed by atoms with Crippen LogP contribution >= 0.6 is 24.0 Å². The van der Waals surface area contributed by atoms with Gasteiger partial charge in [0.15, 0.2) is 5.96 Å². The number of morpholine rings is 1. The van der Waals surface area contributed by atoms with Crippen LogP contribution in [-0.4, -0.2) is 88.8 Å². The van der Waals surface area contributed by atoms with E-state index in [-0.39, 0.29) is 24.0 Å². The largest absolute Gasteiger partial charge is 0.381 e. The van der Waals surface area contributed by atoms with Gasteiger partial charge >= 0.3 is 0 Å². The van der Waals surface area contributed by atoms with Crippen molar-refractivity contribution in [3.05, 3.63) is 0 Å². The van der Waals surface area contributed by atoms with E-state index in [9.17, 15) is 0 Å². The van der Waals surface area contributed by atoms with Crippen molar-refractivity contribution in [3.63, 3.8) is 0 Å². The fraction of sp³-hybridized carbons (Fsp3) is 0.952. The minimum absolute atomic E-state index is 0. The lowest BCUT2D eigenvalue weighted by Crippen LogP contribution is -2.46. The van der Waals surface area contributed by atoms with Crippen molar-refractivity contribution in [1.29, 1.82) is 0 Å². The SMILES string of the molecule is CCNC(=NCC(CC(C)C)N1CCOCC1)NCCCOC1CCOCC1.I. The van der Waals surface area contributed by atoms with Gasteiger partial charge in [-0.3, -0.25) is 9.89 Å². The molecule has 2 rings (SSSR count). The Kier molecular flexibility index (Phi) is 15.3. The summed E-state index contributed by atoms with van der Waals surface area (Å²) >= 11 is 0. The van der Waals surface area contributed by atoms with Gasteiger partial charge in [-0.25, -0.2) is 0 Å². The Morgan fingerprint density at radius 1 is 1.10 bits per heavy atom. The summed E-state index contributed by atoms with van der Waals surface area (Å²) in [6.07, 6.45) is 4.58. The zero-order valence-electron chi connectivity index (χ0n) is 18.7. The third-order valence-electron chi connectivity index (χ3n) is 5.25. The molecule has 2 fully saturated rings. The van der Waals surface area contributed by atoms with Crippen molar-refractivity contribution < 1.29 is 14.2 Å². The second kappa shape index (κ2) is 16.5. The predicted molar refractivity (Wildman–Crippen MR) is 129 cm³/mol.